The number of hydrogen-bond donors (Lipinski definition) is 4. The Morgan fingerprint density at radius 1 is 1.14 bits per heavy atom. The number of hydrogen-bond acceptors (Lipinski definition) is 9. The van der Waals surface area contributed by atoms with Crippen LogP contribution in [0.5, 0.6) is 17.5 Å². The van der Waals surface area contributed by atoms with Gasteiger partial charge >= 0.3 is 0 Å². The van der Waals surface area contributed by atoms with Gasteiger partial charge in [-0.3, -0.25) is 4.79 Å². The number of nitrogens with one attached hydrogen (secondary N) is 2. The lowest BCUT2D eigenvalue weighted by Gasteiger charge is -2.41. The van der Waals surface area contributed by atoms with E-state index in [1.54, 1.807) is 24.3 Å². The Balaban J connectivity index is 1.91. The number of nitrogens with zero attached hydrogens (tertiary/aromatic N) is 2. The summed E-state index contributed by atoms with van der Waals surface area (Å²) in [6.45, 7) is 0. The van der Waals surface area contributed by atoms with Gasteiger partial charge in [0.2, 0.25) is 17.7 Å². The van der Waals surface area contributed by atoms with Gasteiger partial charge in [0.1, 0.15) is 5.75 Å². The second-order valence-electron chi connectivity index (χ2n) is 8.98. The number of aliphatic hydroxyl groups is 1. The largest absolute Gasteiger partial charge is 0.481 e. The molecule has 0 radical (unpaired) electrons. The number of aromatic nitrogens is 1. The summed E-state index contributed by atoms with van der Waals surface area (Å²) in [5, 5.41) is 35.4. The fraction of sp³-hybridized carbons (Fsp3) is 0.296. The molecule has 5 atom stereocenters. The number of amides is 1. The first kappa shape index (κ1) is 24.5. The van der Waals surface area contributed by atoms with Crippen LogP contribution in [0.3, 0.4) is 0 Å². The highest BCUT2D eigenvalue weighted by Crippen LogP contribution is 2.69. The topological polar surface area (TPSA) is 146 Å². The van der Waals surface area contributed by atoms with Gasteiger partial charge in [-0.2, -0.15) is 15.7 Å². The Hall–Kier alpha value is -4.17. The molecule has 10 nitrogen and oxygen atoms in total. The van der Waals surface area contributed by atoms with Crippen LogP contribution in [0, 0.1) is 17.2 Å². The van der Waals surface area contributed by atoms with Gasteiger partial charge in [-0.1, -0.05) is 42.5 Å². The van der Waals surface area contributed by atoms with E-state index in [2.05, 4.69) is 21.9 Å². The van der Waals surface area contributed by atoms with Crippen molar-refractivity contribution < 1.29 is 29.3 Å². The van der Waals surface area contributed by atoms with Crippen molar-refractivity contribution >= 4 is 5.91 Å². The van der Waals surface area contributed by atoms with Crippen LogP contribution in [0.4, 0.5) is 0 Å². The molecule has 2 heterocycles. The molecule has 4 N–H and O–H groups in total. The van der Waals surface area contributed by atoms with E-state index in [1.165, 1.54) is 27.3 Å². The van der Waals surface area contributed by atoms with Crippen LogP contribution in [0.15, 0.2) is 60.7 Å². The molecule has 1 aromatic heterocycles. The fourth-order valence-corrected chi connectivity index (χ4v) is 5.99. The summed E-state index contributed by atoms with van der Waals surface area (Å²) in [5.74, 6) is -1.77. The molecule has 1 aliphatic heterocycles. The standard InChI is InChI=1S/C27H26N4O6/c1-29-24(32)20-21(16-7-5-4-6-8-16)27(17-11-9-15(14-28)10-12-17)26(33,23(20)31-34)22-18(37-27)13-19(35-2)30-25(22)36-3/h4-13,20-21,23,31,33-34H,1-3H3,(H,29,32)/t20-,21-,23-,26+,27+/m1/s1. The maximum atomic E-state index is 13.4. The predicted molar refractivity (Wildman–Crippen MR) is 130 cm³/mol. The highest BCUT2D eigenvalue weighted by atomic mass is 16.5. The first-order valence-electron chi connectivity index (χ1n) is 11.6. The molecule has 1 aliphatic carbocycles. The van der Waals surface area contributed by atoms with E-state index >= 15 is 0 Å². The summed E-state index contributed by atoms with van der Waals surface area (Å²) >= 11 is 0. The highest BCUT2D eigenvalue weighted by Gasteiger charge is 2.78. The zero-order chi connectivity index (χ0) is 26.4. The van der Waals surface area contributed by atoms with Gasteiger partial charge in [-0.05, 0) is 23.3 Å². The van der Waals surface area contributed by atoms with E-state index in [1.807, 2.05) is 30.3 Å². The van der Waals surface area contributed by atoms with Gasteiger partial charge in [0.15, 0.2) is 11.2 Å². The number of hydroxylamine groups is 1. The Bertz CT molecular complexity index is 1380. The highest BCUT2D eigenvalue weighted by molar-refractivity contribution is 5.83. The predicted octanol–water partition coefficient (Wildman–Crippen LogP) is 1.95. The van der Waals surface area contributed by atoms with Crippen LogP contribution >= 0.6 is 0 Å². The number of carbonyl (C=O) groups excluding carboxylic acids is 1. The number of nitriles is 1. The van der Waals surface area contributed by atoms with Gasteiger partial charge in [0.05, 0.1) is 43.4 Å². The number of rotatable bonds is 6. The quantitative estimate of drug-likeness (QED) is 0.372. The van der Waals surface area contributed by atoms with Crippen LogP contribution in [0.1, 0.15) is 28.2 Å². The van der Waals surface area contributed by atoms with Gasteiger partial charge < -0.3 is 29.8 Å². The Morgan fingerprint density at radius 3 is 2.41 bits per heavy atom. The first-order valence-corrected chi connectivity index (χ1v) is 11.6. The van der Waals surface area contributed by atoms with Crippen LogP contribution in [0.25, 0.3) is 0 Å². The molecule has 1 amide bonds. The average Bonchev–Trinajstić information content (AvgIpc) is 3.34. The Kier molecular flexibility index (Phi) is 6.00. The molecule has 10 heteroatoms. The van der Waals surface area contributed by atoms with Crippen molar-refractivity contribution in [1.82, 2.24) is 15.8 Å². The minimum atomic E-state index is -2.06. The minimum Gasteiger partial charge on any atom is -0.481 e. The minimum absolute atomic E-state index is 0.0250. The van der Waals surface area contributed by atoms with E-state index in [0.717, 1.165) is 0 Å². The maximum Gasteiger partial charge on any atom is 0.226 e. The summed E-state index contributed by atoms with van der Waals surface area (Å²) < 4.78 is 17.6. The molecule has 2 aromatic carbocycles. The normalized spacial score (nSPS) is 27.4. The molecule has 1 fully saturated rings. The lowest BCUT2D eigenvalue weighted by molar-refractivity contribution is -0.136. The lowest BCUT2D eigenvalue weighted by Crippen LogP contribution is -2.56. The third kappa shape index (κ3) is 3.22. The molecule has 3 aromatic rings. The van der Waals surface area contributed by atoms with Crippen molar-refractivity contribution in [3.05, 3.63) is 82.9 Å². The number of ether oxygens (including phenoxy) is 3. The summed E-state index contributed by atoms with van der Waals surface area (Å²) in [6, 6.07) is 18.2. The van der Waals surface area contributed by atoms with E-state index in [0.29, 0.717) is 16.7 Å². The van der Waals surface area contributed by atoms with Crippen LogP contribution in [0.2, 0.25) is 0 Å². The van der Waals surface area contributed by atoms with Gasteiger partial charge in [0.25, 0.3) is 0 Å². The Morgan fingerprint density at radius 2 is 1.84 bits per heavy atom. The van der Waals surface area contributed by atoms with Crippen LogP contribution in [-0.4, -0.2) is 48.5 Å². The van der Waals surface area contributed by atoms with Crippen molar-refractivity contribution in [2.45, 2.75) is 23.2 Å². The summed E-state index contributed by atoms with van der Waals surface area (Å²) in [4.78, 5) is 17.8. The third-order valence-electron chi connectivity index (χ3n) is 7.44. The molecular weight excluding hydrogens is 476 g/mol. The molecule has 1 saturated carbocycles. The molecule has 2 aliphatic rings. The zero-order valence-corrected chi connectivity index (χ0v) is 20.4. The van der Waals surface area contributed by atoms with Crippen LogP contribution < -0.4 is 25.0 Å². The summed E-state index contributed by atoms with van der Waals surface area (Å²) in [7, 11) is 4.34. The number of carbonyl (C=O) groups is 1. The zero-order valence-electron chi connectivity index (χ0n) is 20.4. The Labute approximate surface area is 213 Å². The van der Waals surface area contributed by atoms with Gasteiger partial charge in [0, 0.05) is 19.0 Å². The molecular formula is C27H26N4O6. The van der Waals surface area contributed by atoms with Gasteiger partial charge in [-0.15, -0.1) is 0 Å². The van der Waals surface area contributed by atoms with E-state index in [9.17, 15) is 20.4 Å². The monoisotopic (exact) mass is 502 g/mol. The number of pyridine rings is 1. The van der Waals surface area contributed by atoms with Crippen molar-refractivity contribution in [1.29, 1.82) is 5.26 Å². The number of benzene rings is 2. The number of fused-ring (bicyclic) bond motifs is 3. The van der Waals surface area contributed by atoms with E-state index in [-0.39, 0.29) is 23.1 Å². The van der Waals surface area contributed by atoms with E-state index < -0.39 is 35.0 Å². The van der Waals surface area contributed by atoms with Crippen LogP contribution in [-0.2, 0) is 16.0 Å². The maximum absolute atomic E-state index is 13.4. The first-order chi connectivity index (χ1) is 17.9. The third-order valence-corrected chi connectivity index (χ3v) is 7.44. The molecule has 0 saturated heterocycles. The molecule has 5 rings (SSSR count). The smallest absolute Gasteiger partial charge is 0.226 e. The fourth-order valence-electron chi connectivity index (χ4n) is 5.99. The molecule has 37 heavy (non-hydrogen) atoms. The SMILES string of the molecule is CNC(=O)[C@H]1[C@@H](NO)[C@@]2(O)c3c(cc(OC)nc3OC)O[C@@]2(c2ccc(C#N)cc2)[C@@H]1c1ccccc1. The average molecular weight is 503 g/mol. The lowest BCUT2D eigenvalue weighted by atomic mass is 9.70. The summed E-state index contributed by atoms with van der Waals surface area (Å²) in [6.07, 6.45) is 0. The van der Waals surface area contributed by atoms with Crippen molar-refractivity contribution in [3.63, 3.8) is 0 Å². The molecule has 0 unspecified atom stereocenters. The number of methoxy groups -OCH3 is 2. The van der Waals surface area contributed by atoms with Gasteiger partial charge in [-0.25, -0.2) is 0 Å². The summed E-state index contributed by atoms with van der Waals surface area (Å²) in [5.41, 5.74) is 0.277. The van der Waals surface area contributed by atoms with E-state index in [4.69, 9.17) is 14.2 Å². The molecule has 190 valence electrons. The van der Waals surface area contributed by atoms with Crippen molar-refractivity contribution in [2.24, 2.45) is 5.92 Å². The van der Waals surface area contributed by atoms with Crippen molar-refractivity contribution in [3.8, 4) is 23.6 Å². The second kappa shape index (κ2) is 9.05. The molecule has 0 spiro atoms. The second-order valence-corrected chi connectivity index (χ2v) is 8.98. The van der Waals surface area contributed by atoms with Crippen molar-refractivity contribution in [2.75, 3.05) is 21.3 Å². The molecule has 0 bridgehead atoms.